The summed E-state index contributed by atoms with van der Waals surface area (Å²) in [7, 11) is 1.51. The molecule has 0 spiro atoms. The van der Waals surface area contributed by atoms with E-state index in [4.69, 9.17) is 4.74 Å². The van der Waals surface area contributed by atoms with E-state index in [1.165, 1.54) is 23.1 Å². The summed E-state index contributed by atoms with van der Waals surface area (Å²) < 4.78 is 5.05. The van der Waals surface area contributed by atoms with Crippen LogP contribution in [0.2, 0.25) is 0 Å². The number of nitrogens with zero attached hydrogens (tertiary/aromatic N) is 2. The lowest BCUT2D eigenvalue weighted by molar-refractivity contribution is -0.143. The minimum Gasteiger partial charge on any atom is -0.375 e. The molecule has 1 aromatic heterocycles. The Labute approximate surface area is 183 Å². The highest BCUT2D eigenvalue weighted by Crippen LogP contribution is 2.38. The standard InChI is InChI=1S/C24H32N2O3S/c1-17(2)9-12-25(23(28)16-29-4)15-22(27)26-13-10-21-20(11-14-30-21)24(26)19-8-6-5-7-18(19)3/h5-8,11,14,17,24H,9-10,12-13,15-16H2,1-4H3/t24-/m1/s1. The maximum Gasteiger partial charge on any atom is 0.249 e. The molecule has 2 aromatic rings. The molecule has 0 unspecified atom stereocenters. The highest BCUT2D eigenvalue weighted by molar-refractivity contribution is 7.10. The van der Waals surface area contributed by atoms with Gasteiger partial charge in [0.1, 0.15) is 6.61 Å². The van der Waals surface area contributed by atoms with E-state index < -0.39 is 0 Å². The molecule has 162 valence electrons. The van der Waals surface area contributed by atoms with Crippen molar-refractivity contribution in [1.82, 2.24) is 9.80 Å². The maximum atomic E-state index is 13.5. The zero-order valence-electron chi connectivity index (χ0n) is 18.4. The summed E-state index contributed by atoms with van der Waals surface area (Å²) in [4.78, 5) is 31.0. The summed E-state index contributed by atoms with van der Waals surface area (Å²) >= 11 is 1.76. The van der Waals surface area contributed by atoms with Crippen LogP contribution in [0.1, 0.15) is 47.9 Å². The predicted molar refractivity (Wildman–Crippen MR) is 121 cm³/mol. The number of methoxy groups -OCH3 is 1. The molecule has 0 radical (unpaired) electrons. The molecule has 0 saturated heterocycles. The minimum absolute atomic E-state index is 0.00127. The van der Waals surface area contributed by atoms with E-state index in [2.05, 4.69) is 44.4 Å². The third-order valence-corrected chi connectivity index (χ3v) is 6.69. The third-order valence-electron chi connectivity index (χ3n) is 5.69. The van der Waals surface area contributed by atoms with Crippen molar-refractivity contribution in [3.63, 3.8) is 0 Å². The second-order valence-electron chi connectivity index (χ2n) is 8.33. The first-order valence-corrected chi connectivity index (χ1v) is 11.5. The van der Waals surface area contributed by atoms with Crippen molar-refractivity contribution >= 4 is 23.2 Å². The van der Waals surface area contributed by atoms with Crippen molar-refractivity contribution < 1.29 is 14.3 Å². The number of hydrogen-bond acceptors (Lipinski definition) is 4. The van der Waals surface area contributed by atoms with E-state index in [-0.39, 0.29) is 31.0 Å². The van der Waals surface area contributed by atoms with Crippen LogP contribution in [0.5, 0.6) is 0 Å². The van der Waals surface area contributed by atoms with Crippen molar-refractivity contribution in [2.24, 2.45) is 5.92 Å². The molecule has 2 amide bonds. The Morgan fingerprint density at radius 2 is 2.00 bits per heavy atom. The van der Waals surface area contributed by atoms with Crippen LogP contribution in [-0.4, -0.2) is 55.0 Å². The molecule has 0 aliphatic carbocycles. The highest BCUT2D eigenvalue weighted by Gasteiger charge is 2.34. The molecule has 1 aliphatic heterocycles. The van der Waals surface area contributed by atoms with Gasteiger partial charge >= 0.3 is 0 Å². The molecule has 30 heavy (non-hydrogen) atoms. The van der Waals surface area contributed by atoms with Gasteiger partial charge in [0.05, 0.1) is 12.6 Å². The summed E-state index contributed by atoms with van der Waals surface area (Å²) in [5.74, 6) is 0.321. The van der Waals surface area contributed by atoms with E-state index in [0.717, 1.165) is 18.4 Å². The third kappa shape index (κ3) is 5.10. The first-order valence-electron chi connectivity index (χ1n) is 10.6. The summed E-state index contributed by atoms with van der Waals surface area (Å²) in [5.41, 5.74) is 3.54. The van der Waals surface area contributed by atoms with Gasteiger partial charge in [-0.15, -0.1) is 11.3 Å². The number of amides is 2. The lowest BCUT2D eigenvalue weighted by atomic mass is 9.90. The molecule has 1 aromatic carbocycles. The summed E-state index contributed by atoms with van der Waals surface area (Å²) in [6, 6.07) is 10.3. The van der Waals surface area contributed by atoms with Gasteiger partial charge in [-0.05, 0) is 53.8 Å². The van der Waals surface area contributed by atoms with Crippen LogP contribution in [-0.2, 0) is 20.7 Å². The normalized spacial score (nSPS) is 15.9. The number of fused-ring (bicyclic) bond motifs is 1. The summed E-state index contributed by atoms with van der Waals surface area (Å²) in [5, 5.41) is 2.11. The number of aryl methyl sites for hydroxylation is 1. The van der Waals surface area contributed by atoms with E-state index >= 15 is 0 Å². The van der Waals surface area contributed by atoms with Gasteiger partial charge in [-0.2, -0.15) is 0 Å². The molecule has 0 saturated carbocycles. The fourth-order valence-electron chi connectivity index (χ4n) is 3.99. The Morgan fingerprint density at radius 3 is 2.70 bits per heavy atom. The smallest absolute Gasteiger partial charge is 0.249 e. The largest absolute Gasteiger partial charge is 0.375 e. The molecule has 0 N–H and O–H groups in total. The van der Waals surface area contributed by atoms with Crippen molar-refractivity contribution in [1.29, 1.82) is 0 Å². The second-order valence-corrected chi connectivity index (χ2v) is 9.33. The van der Waals surface area contributed by atoms with Crippen molar-refractivity contribution in [3.05, 3.63) is 57.3 Å². The molecular weight excluding hydrogens is 396 g/mol. The van der Waals surface area contributed by atoms with Crippen LogP contribution in [0.3, 0.4) is 0 Å². The van der Waals surface area contributed by atoms with Crippen LogP contribution < -0.4 is 0 Å². The highest BCUT2D eigenvalue weighted by atomic mass is 32.1. The summed E-state index contributed by atoms with van der Waals surface area (Å²) in [6.07, 6.45) is 1.72. The van der Waals surface area contributed by atoms with Gasteiger partial charge < -0.3 is 14.5 Å². The quantitative estimate of drug-likeness (QED) is 0.637. The second kappa shape index (κ2) is 10.2. The van der Waals surface area contributed by atoms with Gasteiger partial charge in [-0.1, -0.05) is 38.1 Å². The van der Waals surface area contributed by atoms with E-state index in [9.17, 15) is 9.59 Å². The number of benzene rings is 1. The Kier molecular flexibility index (Phi) is 7.67. The average Bonchev–Trinajstić information content (AvgIpc) is 3.19. The molecule has 0 bridgehead atoms. The maximum absolute atomic E-state index is 13.5. The Morgan fingerprint density at radius 1 is 1.23 bits per heavy atom. The number of carbonyl (C=O) groups excluding carboxylic acids is 2. The molecule has 1 atom stereocenters. The number of ether oxygens (including phenoxy) is 1. The van der Waals surface area contributed by atoms with Crippen molar-refractivity contribution in [2.45, 2.75) is 39.7 Å². The Balaban J connectivity index is 1.87. The van der Waals surface area contributed by atoms with Crippen LogP contribution in [0.15, 0.2) is 35.7 Å². The first kappa shape index (κ1) is 22.5. The van der Waals surface area contributed by atoms with Gasteiger partial charge in [-0.25, -0.2) is 0 Å². The van der Waals surface area contributed by atoms with Gasteiger partial charge in [0.25, 0.3) is 0 Å². The average molecular weight is 429 g/mol. The number of rotatable bonds is 8. The Bertz CT molecular complexity index is 877. The van der Waals surface area contributed by atoms with Crippen LogP contribution in [0.4, 0.5) is 0 Å². The molecule has 3 rings (SSSR count). The van der Waals surface area contributed by atoms with Gasteiger partial charge in [-0.3, -0.25) is 9.59 Å². The molecular formula is C24H32N2O3S. The minimum atomic E-state index is -0.132. The monoisotopic (exact) mass is 428 g/mol. The van der Waals surface area contributed by atoms with E-state index in [1.54, 1.807) is 16.2 Å². The SMILES string of the molecule is COCC(=O)N(CCC(C)C)CC(=O)N1CCc2sccc2[C@H]1c1ccccc1C. The van der Waals surface area contributed by atoms with E-state index in [1.807, 2.05) is 17.0 Å². The summed E-state index contributed by atoms with van der Waals surface area (Å²) in [6.45, 7) is 7.67. The Hall–Kier alpha value is -2.18. The molecule has 1 aliphatic rings. The number of thiophene rings is 1. The number of carbonyl (C=O) groups is 2. The molecule has 6 heteroatoms. The molecule has 0 fully saturated rings. The van der Waals surface area contributed by atoms with Crippen molar-refractivity contribution in [2.75, 3.05) is 33.4 Å². The van der Waals surface area contributed by atoms with Gasteiger partial charge in [0.2, 0.25) is 11.8 Å². The lowest BCUT2D eigenvalue weighted by Crippen LogP contribution is -2.47. The van der Waals surface area contributed by atoms with E-state index in [0.29, 0.717) is 19.0 Å². The predicted octanol–water partition coefficient (Wildman–Crippen LogP) is 4.05. The molecule has 5 nitrogen and oxygen atoms in total. The van der Waals surface area contributed by atoms with Crippen LogP contribution in [0, 0.1) is 12.8 Å². The fraction of sp³-hybridized carbons (Fsp3) is 0.500. The topological polar surface area (TPSA) is 49.9 Å². The van der Waals surface area contributed by atoms with Gasteiger partial charge in [0.15, 0.2) is 0 Å². The first-order chi connectivity index (χ1) is 14.4. The number of hydrogen-bond donors (Lipinski definition) is 0. The van der Waals surface area contributed by atoms with Crippen LogP contribution >= 0.6 is 11.3 Å². The van der Waals surface area contributed by atoms with Gasteiger partial charge in [0, 0.05) is 25.1 Å². The molecule has 2 heterocycles. The van der Waals surface area contributed by atoms with Crippen LogP contribution in [0.25, 0.3) is 0 Å². The fourth-order valence-corrected chi connectivity index (χ4v) is 4.89. The van der Waals surface area contributed by atoms with Crippen molar-refractivity contribution in [3.8, 4) is 0 Å². The zero-order chi connectivity index (χ0) is 21.7. The zero-order valence-corrected chi connectivity index (χ0v) is 19.2. The lowest BCUT2D eigenvalue weighted by Gasteiger charge is -2.38.